The van der Waals surface area contributed by atoms with E-state index in [-0.39, 0.29) is 16.2 Å². The van der Waals surface area contributed by atoms with Crippen LogP contribution >= 0.6 is 0 Å². The molecule has 11 heteroatoms. The third kappa shape index (κ3) is 5.36. The third-order valence-electron chi connectivity index (χ3n) is 4.57. The minimum Gasteiger partial charge on any atom is -0.493 e. The van der Waals surface area contributed by atoms with Crippen LogP contribution in [-0.2, 0) is 17.1 Å². The van der Waals surface area contributed by atoms with Gasteiger partial charge in [-0.1, -0.05) is 13.8 Å². The van der Waals surface area contributed by atoms with Crippen LogP contribution in [0.3, 0.4) is 0 Å². The molecule has 31 heavy (non-hydrogen) atoms. The Labute approximate surface area is 182 Å². The summed E-state index contributed by atoms with van der Waals surface area (Å²) in [4.78, 5) is 24.9. The van der Waals surface area contributed by atoms with Crippen LogP contribution in [0.4, 0.5) is 0 Å². The van der Waals surface area contributed by atoms with Gasteiger partial charge in [-0.15, -0.1) is 0 Å². The third-order valence-corrected chi connectivity index (χ3v) is 6.59. The lowest BCUT2D eigenvalue weighted by Crippen LogP contribution is -2.42. The maximum Gasteiger partial charge on any atom is 0.286 e. The summed E-state index contributed by atoms with van der Waals surface area (Å²) in [7, 11) is -0.698. The number of rotatable bonds is 9. The smallest absolute Gasteiger partial charge is 0.286 e. The topological polar surface area (TPSA) is 119 Å². The van der Waals surface area contributed by atoms with Crippen LogP contribution in [0.2, 0.25) is 0 Å². The average Bonchev–Trinajstić information content (AvgIpc) is 3.15. The molecular formula is C20H28N4O6S. The zero-order valence-electron chi connectivity index (χ0n) is 18.3. The minimum absolute atomic E-state index is 0.00595. The number of methoxy groups -OCH3 is 1. The number of aromatic nitrogens is 1. The van der Waals surface area contributed by atoms with Gasteiger partial charge in [0.1, 0.15) is 10.6 Å². The number of hydrazine groups is 1. The number of benzene rings is 1. The Hall–Kier alpha value is -3.05. The van der Waals surface area contributed by atoms with Crippen molar-refractivity contribution in [3.63, 3.8) is 0 Å². The van der Waals surface area contributed by atoms with E-state index in [0.29, 0.717) is 31.2 Å². The summed E-state index contributed by atoms with van der Waals surface area (Å²) in [6.07, 6.45) is 1.36. The lowest BCUT2D eigenvalue weighted by Gasteiger charge is -2.17. The van der Waals surface area contributed by atoms with Crippen LogP contribution in [0, 0.1) is 0 Å². The van der Waals surface area contributed by atoms with Gasteiger partial charge in [-0.3, -0.25) is 20.4 Å². The molecule has 0 spiro atoms. The number of carbonyl (C=O) groups excluding carboxylic acids is 2. The molecule has 0 aliphatic carbocycles. The standard InChI is InChI=1S/C20H28N4O6S/c1-6-24(7-2)31(27,28)15-12-16(23(4)13-15)20(26)22-21-19(25)14-9-10-17(30-8-3)18(11-14)29-5/h9-13H,6-8H2,1-5H3,(H,21,25)(H,22,26). The number of amides is 2. The number of aryl methyl sites for hydroxylation is 1. The monoisotopic (exact) mass is 452 g/mol. The number of sulfonamides is 1. The van der Waals surface area contributed by atoms with Gasteiger partial charge < -0.3 is 14.0 Å². The van der Waals surface area contributed by atoms with Gasteiger partial charge >= 0.3 is 0 Å². The molecule has 2 rings (SSSR count). The molecule has 1 aromatic carbocycles. The Morgan fingerprint density at radius 3 is 2.26 bits per heavy atom. The molecule has 2 amide bonds. The second kappa shape index (κ2) is 10.3. The van der Waals surface area contributed by atoms with E-state index in [1.165, 1.54) is 40.4 Å². The van der Waals surface area contributed by atoms with Crippen LogP contribution in [-0.4, -0.2) is 55.9 Å². The van der Waals surface area contributed by atoms with Gasteiger partial charge in [-0.25, -0.2) is 8.42 Å². The number of hydrogen-bond acceptors (Lipinski definition) is 6. The summed E-state index contributed by atoms with van der Waals surface area (Å²) in [5, 5.41) is 0. The first-order valence-corrected chi connectivity index (χ1v) is 11.2. The molecule has 0 radical (unpaired) electrons. The summed E-state index contributed by atoms with van der Waals surface area (Å²) in [6.45, 7) is 6.39. The molecule has 0 fully saturated rings. The molecule has 10 nitrogen and oxygen atoms in total. The Morgan fingerprint density at radius 2 is 1.68 bits per heavy atom. The molecule has 0 saturated heterocycles. The van der Waals surface area contributed by atoms with Crippen molar-refractivity contribution in [2.75, 3.05) is 26.8 Å². The SMILES string of the molecule is CCOc1ccc(C(=O)NNC(=O)c2cc(S(=O)(=O)N(CC)CC)cn2C)cc1OC. The van der Waals surface area contributed by atoms with Gasteiger partial charge in [-0.2, -0.15) is 4.31 Å². The van der Waals surface area contributed by atoms with Gasteiger partial charge in [-0.05, 0) is 31.2 Å². The van der Waals surface area contributed by atoms with Crippen molar-refractivity contribution >= 4 is 21.8 Å². The Morgan fingerprint density at radius 1 is 1.03 bits per heavy atom. The zero-order chi connectivity index (χ0) is 23.2. The van der Waals surface area contributed by atoms with Crippen molar-refractivity contribution < 1.29 is 27.5 Å². The average molecular weight is 453 g/mol. The summed E-state index contributed by atoms with van der Waals surface area (Å²) in [5.74, 6) is -0.347. The van der Waals surface area contributed by atoms with E-state index in [1.807, 2.05) is 6.92 Å². The first-order chi connectivity index (χ1) is 14.7. The predicted octanol–water partition coefficient (Wildman–Crippen LogP) is 1.54. The van der Waals surface area contributed by atoms with E-state index < -0.39 is 21.8 Å². The summed E-state index contributed by atoms with van der Waals surface area (Å²) < 4.78 is 38.6. The van der Waals surface area contributed by atoms with Crippen molar-refractivity contribution in [2.24, 2.45) is 7.05 Å². The Bertz CT molecular complexity index is 1040. The second-order valence-corrected chi connectivity index (χ2v) is 8.41. The fraction of sp³-hybridized carbons (Fsp3) is 0.400. The highest BCUT2D eigenvalue weighted by Gasteiger charge is 2.25. The number of nitrogens with one attached hydrogen (secondary N) is 2. The second-order valence-electron chi connectivity index (χ2n) is 6.47. The Kier molecular flexibility index (Phi) is 8.06. The van der Waals surface area contributed by atoms with E-state index in [1.54, 1.807) is 27.0 Å². The predicted molar refractivity (Wildman–Crippen MR) is 115 cm³/mol. The number of nitrogens with zero attached hydrogens (tertiary/aromatic N) is 2. The van der Waals surface area contributed by atoms with Crippen molar-refractivity contribution in [3.05, 3.63) is 41.7 Å². The molecule has 0 unspecified atom stereocenters. The van der Waals surface area contributed by atoms with Crippen LogP contribution in [0.15, 0.2) is 35.4 Å². The quantitative estimate of drug-likeness (QED) is 0.557. The maximum atomic E-state index is 12.7. The summed E-state index contributed by atoms with van der Waals surface area (Å²) in [6, 6.07) is 5.89. The Balaban J connectivity index is 2.13. The van der Waals surface area contributed by atoms with Gasteiger partial charge in [0.15, 0.2) is 11.5 Å². The van der Waals surface area contributed by atoms with Crippen molar-refractivity contribution in [1.82, 2.24) is 19.7 Å². The van der Waals surface area contributed by atoms with Crippen molar-refractivity contribution in [3.8, 4) is 11.5 Å². The minimum atomic E-state index is -3.71. The molecule has 0 bridgehead atoms. The van der Waals surface area contributed by atoms with Crippen LogP contribution in [0.1, 0.15) is 41.6 Å². The molecule has 170 valence electrons. The highest BCUT2D eigenvalue weighted by Crippen LogP contribution is 2.28. The van der Waals surface area contributed by atoms with Crippen molar-refractivity contribution in [2.45, 2.75) is 25.7 Å². The molecule has 2 N–H and O–H groups in total. The van der Waals surface area contributed by atoms with Gasteiger partial charge in [0.2, 0.25) is 10.0 Å². The highest BCUT2D eigenvalue weighted by atomic mass is 32.2. The number of ether oxygens (including phenoxy) is 2. The molecule has 2 aromatic rings. The molecule has 1 aromatic heterocycles. The summed E-state index contributed by atoms with van der Waals surface area (Å²) in [5.41, 5.74) is 4.94. The highest BCUT2D eigenvalue weighted by molar-refractivity contribution is 7.89. The molecular weight excluding hydrogens is 424 g/mol. The lowest BCUT2D eigenvalue weighted by molar-refractivity contribution is 0.0842. The lowest BCUT2D eigenvalue weighted by atomic mass is 10.2. The number of hydrogen-bond donors (Lipinski definition) is 2. The first kappa shape index (κ1) is 24.2. The largest absolute Gasteiger partial charge is 0.493 e. The van der Waals surface area contributed by atoms with E-state index in [9.17, 15) is 18.0 Å². The fourth-order valence-corrected chi connectivity index (χ4v) is 4.48. The van der Waals surface area contributed by atoms with Gasteiger partial charge in [0.25, 0.3) is 11.8 Å². The normalized spacial score (nSPS) is 11.3. The van der Waals surface area contributed by atoms with E-state index in [4.69, 9.17) is 9.47 Å². The zero-order valence-corrected chi connectivity index (χ0v) is 19.1. The molecule has 0 aliphatic rings. The molecule has 0 aliphatic heterocycles. The van der Waals surface area contributed by atoms with Crippen LogP contribution in [0.25, 0.3) is 0 Å². The van der Waals surface area contributed by atoms with Crippen molar-refractivity contribution in [1.29, 1.82) is 0 Å². The van der Waals surface area contributed by atoms with Crippen LogP contribution in [0.5, 0.6) is 11.5 Å². The first-order valence-electron chi connectivity index (χ1n) is 9.77. The van der Waals surface area contributed by atoms with Gasteiger partial charge in [0.05, 0.1) is 13.7 Å². The molecule has 0 saturated carbocycles. The van der Waals surface area contributed by atoms with Gasteiger partial charge in [0, 0.05) is 31.9 Å². The van der Waals surface area contributed by atoms with E-state index in [2.05, 4.69) is 10.9 Å². The molecule has 1 heterocycles. The number of carbonyl (C=O) groups is 2. The van der Waals surface area contributed by atoms with E-state index >= 15 is 0 Å². The molecule has 0 atom stereocenters. The van der Waals surface area contributed by atoms with E-state index in [0.717, 1.165) is 0 Å². The van der Waals surface area contributed by atoms with Crippen LogP contribution < -0.4 is 20.3 Å². The summed E-state index contributed by atoms with van der Waals surface area (Å²) >= 11 is 0. The fourth-order valence-electron chi connectivity index (χ4n) is 2.95. The maximum absolute atomic E-state index is 12.7.